The second-order valence-corrected chi connectivity index (χ2v) is 7.43. The quantitative estimate of drug-likeness (QED) is 0.739. The molecule has 3 heterocycles. The Bertz CT molecular complexity index is 764. The molecule has 2 saturated heterocycles. The second kappa shape index (κ2) is 7.95. The van der Waals surface area contributed by atoms with E-state index in [2.05, 4.69) is 5.32 Å². The predicted octanol–water partition coefficient (Wildman–Crippen LogP) is 1.15. The van der Waals surface area contributed by atoms with Crippen LogP contribution in [0, 0.1) is 5.92 Å². The average Bonchev–Trinajstić information content (AvgIpc) is 3.28. The molecule has 10 heteroatoms. The first-order chi connectivity index (χ1) is 12.9. The summed E-state index contributed by atoms with van der Waals surface area (Å²) in [5.74, 6) is -2.29. The fraction of sp³-hybridized carbons (Fsp3) is 0.529. The second-order valence-electron chi connectivity index (χ2n) is 6.54. The van der Waals surface area contributed by atoms with Crippen LogP contribution in [0.15, 0.2) is 11.4 Å². The Morgan fingerprint density at radius 3 is 2.78 bits per heavy atom. The fourth-order valence-corrected chi connectivity index (χ4v) is 4.31. The lowest BCUT2D eigenvalue weighted by Crippen LogP contribution is -2.51. The van der Waals surface area contributed by atoms with Crippen LogP contribution in [0.3, 0.4) is 0 Å². The minimum Gasteiger partial charge on any atom is -0.481 e. The van der Waals surface area contributed by atoms with Crippen molar-refractivity contribution in [2.45, 2.75) is 25.3 Å². The monoisotopic (exact) mass is 395 g/mol. The van der Waals surface area contributed by atoms with Crippen molar-refractivity contribution in [1.82, 2.24) is 10.2 Å². The van der Waals surface area contributed by atoms with E-state index in [1.165, 1.54) is 28.2 Å². The molecule has 0 bridgehead atoms. The van der Waals surface area contributed by atoms with Gasteiger partial charge in [-0.15, -0.1) is 11.3 Å². The highest BCUT2D eigenvalue weighted by atomic mass is 32.1. The Balaban J connectivity index is 1.64. The van der Waals surface area contributed by atoms with Crippen molar-refractivity contribution in [3.8, 4) is 0 Å². The summed E-state index contributed by atoms with van der Waals surface area (Å²) < 4.78 is 4.74. The fourth-order valence-electron chi connectivity index (χ4n) is 3.39. The molecule has 2 aliphatic rings. The van der Waals surface area contributed by atoms with Crippen molar-refractivity contribution in [1.29, 1.82) is 0 Å². The SMILES string of the molecule is COC(=O)c1ccsc1N1CCC(NC(=O)N2CCCC(C(=O)O)C2)C1=O. The number of carbonyl (C=O) groups excluding carboxylic acids is 3. The first kappa shape index (κ1) is 19.2. The zero-order chi connectivity index (χ0) is 19.6. The average molecular weight is 395 g/mol. The number of esters is 1. The maximum absolute atomic E-state index is 12.7. The predicted molar refractivity (Wildman–Crippen MR) is 96.9 cm³/mol. The van der Waals surface area contributed by atoms with E-state index < -0.39 is 29.9 Å². The summed E-state index contributed by atoms with van der Waals surface area (Å²) in [6.07, 6.45) is 1.58. The maximum Gasteiger partial charge on any atom is 0.340 e. The van der Waals surface area contributed by atoms with Gasteiger partial charge >= 0.3 is 18.0 Å². The molecule has 2 unspecified atom stereocenters. The molecule has 1 aromatic rings. The Morgan fingerprint density at radius 1 is 1.30 bits per heavy atom. The van der Waals surface area contributed by atoms with Crippen LogP contribution in [0.25, 0.3) is 0 Å². The molecule has 9 nitrogen and oxygen atoms in total. The van der Waals surface area contributed by atoms with E-state index in [0.717, 1.165) is 0 Å². The first-order valence-corrected chi connectivity index (χ1v) is 9.55. The van der Waals surface area contributed by atoms with Gasteiger partial charge in [0.25, 0.3) is 0 Å². The third-order valence-corrected chi connectivity index (χ3v) is 5.79. The number of methoxy groups -OCH3 is 1. The molecule has 1 aromatic heterocycles. The molecular formula is C17H21N3O6S. The van der Waals surface area contributed by atoms with Crippen LogP contribution < -0.4 is 10.2 Å². The molecule has 2 N–H and O–H groups in total. The van der Waals surface area contributed by atoms with Crippen LogP contribution >= 0.6 is 11.3 Å². The molecule has 146 valence electrons. The highest BCUT2D eigenvalue weighted by molar-refractivity contribution is 7.14. The van der Waals surface area contributed by atoms with Crippen LogP contribution in [0.5, 0.6) is 0 Å². The Hall–Kier alpha value is -2.62. The summed E-state index contributed by atoms with van der Waals surface area (Å²) in [4.78, 5) is 51.1. The van der Waals surface area contributed by atoms with Crippen molar-refractivity contribution in [3.05, 3.63) is 17.0 Å². The van der Waals surface area contributed by atoms with E-state index >= 15 is 0 Å². The van der Waals surface area contributed by atoms with Crippen LogP contribution in [-0.2, 0) is 14.3 Å². The van der Waals surface area contributed by atoms with Crippen molar-refractivity contribution >= 4 is 40.2 Å². The number of anilines is 1. The molecule has 0 spiro atoms. The number of aliphatic carboxylic acids is 1. The van der Waals surface area contributed by atoms with Gasteiger partial charge in [-0.1, -0.05) is 0 Å². The highest BCUT2D eigenvalue weighted by Crippen LogP contribution is 2.32. The van der Waals surface area contributed by atoms with Crippen molar-refractivity contribution in [3.63, 3.8) is 0 Å². The van der Waals surface area contributed by atoms with Crippen molar-refractivity contribution < 1.29 is 29.0 Å². The van der Waals surface area contributed by atoms with Crippen molar-refractivity contribution in [2.24, 2.45) is 5.92 Å². The number of urea groups is 1. The molecule has 0 aromatic carbocycles. The number of carboxylic acid groups (broad SMARTS) is 1. The van der Waals surface area contributed by atoms with E-state index in [1.807, 2.05) is 0 Å². The van der Waals surface area contributed by atoms with Gasteiger partial charge in [-0.25, -0.2) is 9.59 Å². The first-order valence-electron chi connectivity index (χ1n) is 8.67. The molecule has 0 saturated carbocycles. The van der Waals surface area contributed by atoms with Gasteiger partial charge in [0.1, 0.15) is 11.0 Å². The van der Waals surface area contributed by atoms with E-state index in [0.29, 0.717) is 42.9 Å². The minimum absolute atomic E-state index is 0.142. The number of carboxylic acids is 1. The smallest absolute Gasteiger partial charge is 0.340 e. The van der Waals surface area contributed by atoms with Gasteiger partial charge in [0.05, 0.1) is 18.6 Å². The van der Waals surface area contributed by atoms with Crippen LogP contribution in [0.1, 0.15) is 29.6 Å². The number of ether oxygens (including phenoxy) is 1. The molecule has 3 amide bonds. The number of carbonyl (C=O) groups is 4. The van der Waals surface area contributed by atoms with Crippen LogP contribution in [0.2, 0.25) is 0 Å². The van der Waals surface area contributed by atoms with Crippen LogP contribution in [-0.4, -0.2) is 66.7 Å². The lowest BCUT2D eigenvalue weighted by molar-refractivity contribution is -0.143. The van der Waals surface area contributed by atoms with Gasteiger partial charge in [-0.2, -0.15) is 0 Å². The largest absolute Gasteiger partial charge is 0.481 e. The van der Waals surface area contributed by atoms with E-state index in [1.54, 1.807) is 11.4 Å². The minimum atomic E-state index is -0.913. The number of nitrogens with zero attached hydrogens (tertiary/aromatic N) is 2. The molecular weight excluding hydrogens is 374 g/mol. The number of hydrogen-bond donors (Lipinski definition) is 2. The number of hydrogen-bond acceptors (Lipinski definition) is 6. The summed E-state index contributed by atoms with van der Waals surface area (Å²) in [6.45, 7) is 0.993. The van der Waals surface area contributed by atoms with Gasteiger partial charge in [0.2, 0.25) is 5.91 Å². The topological polar surface area (TPSA) is 116 Å². The third kappa shape index (κ3) is 3.90. The zero-order valence-electron chi connectivity index (χ0n) is 14.8. The summed E-state index contributed by atoms with van der Waals surface area (Å²) in [5, 5.41) is 14.1. The Labute approximate surface area is 159 Å². The van der Waals surface area contributed by atoms with Crippen LogP contribution in [0.4, 0.5) is 9.80 Å². The molecule has 3 rings (SSSR count). The molecule has 0 aliphatic carbocycles. The van der Waals surface area contributed by atoms with Gasteiger partial charge in [0, 0.05) is 19.6 Å². The number of piperidine rings is 1. The molecule has 27 heavy (non-hydrogen) atoms. The molecule has 2 fully saturated rings. The van der Waals surface area contributed by atoms with E-state index in [-0.39, 0.29) is 12.5 Å². The van der Waals surface area contributed by atoms with Gasteiger partial charge in [0.15, 0.2) is 0 Å². The Kier molecular flexibility index (Phi) is 5.64. The van der Waals surface area contributed by atoms with E-state index in [4.69, 9.17) is 9.84 Å². The normalized spacial score (nSPS) is 22.6. The number of likely N-dealkylation sites (tertiary alicyclic amines) is 1. The maximum atomic E-state index is 12.7. The number of nitrogens with one attached hydrogen (secondary N) is 1. The summed E-state index contributed by atoms with van der Waals surface area (Å²) in [7, 11) is 1.28. The molecule has 0 radical (unpaired) electrons. The van der Waals surface area contributed by atoms with Crippen molar-refractivity contribution in [2.75, 3.05) is 31.6 Å². The molecule has 2 aliphatic heterocycles. The summed E-state index contributed by atoms with van der Waals surface area (Å²) in [5.41, 5.74) is 0.322. The summed E-state index contributed by atoms with van der Waals surface area (Å²) in [6, 6.07) is 0.473. The van der Waals surface area contributed by atoms with E-state index in [9.17, 15) is 19.2 Å². The standard InChI is InChI=1S/C17H21N3O6S/c1-26-16(24)11-5-8-27-14(11)20-7-4-12(13(20)21)18-17(25)19-6-2-3-10(9-19)15(22)23/h5,8,10,12H,2-4,6-7,9H2,1H3,(H,18,25)(H,22,23). The Morgan fingerprint density at radius 2 is 2.07 bits per heavy atom. The van der Waals surface area contributed by atoms with Gasteiger partial charge in [-0.3, -0.25) is 9.59 Å². The zero-order valence-corrected chi connectivity index (χ0v) is 15.7. The highest BCUT2D eigenvalue weighted by Gasteiger charge is 2.37. The number of amides is 3. The van der Waals surface area contributed by atoms with Gasteiger partial charge in [-0.05, 0) is 30.7 Å². The number of thiophene rings is 1. The lowest BCUT2D eigenvalue weighted by atomic mass is 9.99. The number of rotatable bonds is 4. The molecule has 2 atom stereocenters. The summed E-state index contributed by atoms with van der Waals surface area (Å²) >= 11 is 1.26. The third-order valence-electron chi connectivity index (χ3n) is 4.86. The van der Waals surface area contributed by atoms with Gasteiger partial charge < -0.3 is 25.0 Å². The lowest BCUT2D eigenvalue weighted by Gasteiger charge is -2.31.